The van der Waals surface area contributed by atoms with E-state index in [-0.39, 0.29) is 56.9 Å². The van der Waals surface area contributed by atoms with Gasteiger partial charge in [-0.2, -0.15) is 0 Å². The molecule has 5 heteroatoms. The molecule has 2 heterocycles. The van der Waals surface area contributed by atoms with Crippen LogP contribution >= 0.6 is 11.3 Å². The summed E-state index contributed by atoms with van der Waals surface area (Å²) in [6.07, 6.45) is 0. The number of aromatic nitrogens is 1. The average Bonchev–Trinajstić information content (AvgIpc) is 2.91. The van der Waals surface area contributed by atoms with Crippen LogP contribution < -0.4 is 56.5 Å². The molecule has 0 saturated carbocycles. The minimum Gasteiger partial charge on any atom is -0.545 e. The van der Waals surface area contributed by atoms with Gasteiger partial charge in [0.25, 0.3) is 0 Å². The Hall–Kier alpha value is -0.564. The summed E-state index contributed by atoms with van der Waals surface area (Å²) in [6.45, 7) is 0. The quantitative estimate of drug-likeness (QED) is 0.589. The van der Waals surface area contributed by atoms with Gasteiger partial charge in [-0.3, -0.25) is 0 Å². The summed E-state index contributed by atoms with van der Waals surface area (Å²) in [5.41, 5.74) is 1.52. The molecule has 88 valence electrons. The van der Waals surface area contributed by atoms with Crippen molar-refractivity contribution >= 4 is 28.2 Å². The fraction of sp³-hybridized carbons (Fsp3) is 0. The second-order valence-corrected chi connectivity index (χ2v) is 4.78. The Morgan fingerprint density at radius 3 is 2.63 bits per heavy atom. The van der Waals surface area contributed by atoms with Crippen molar-refractivity contribution in [2.75, 3.05) is 0 Å². The van der Waals surface area contributed by atoms with E-state index < -0.39 is 5.97 Å². The molecule has 1 aromatic carbocycles. The van der Waals surface area contributed by atoms with Crippen LogP contribution in [0.15, 0.2) is 47.8 Å². The van der Waals surface area contributed by atoms with Gasteiger partial charge in [-0.1, -0.05) is 24.3 Å². The molecule has 3 nitrogen and oxygen atoms in total. The predicted molar refractivity (Wildman–Crippen MR) is 69.4 cm³/mol. The SMILES string of the molecule is O=C([O-])c1cc(-c2cccs2)nc2ccccc12.[K+]. The number of thiophene rings is 1. The van der Waals surface area contributed by atoms with Crippen LogP contribution in [0.3, 0.4) is 0 Å². The van der Waals surface area contributed by atoms with E-state index in [1.807, 2.05) is 23.6 Å². The van der Waals surface area contributed by atoms with Crippen molar-refractivity contribution < 1.29 is 61.3 Å². The van der Waals surface area contributed by atoms with Gasteiger partial charge < -0.3 is 9.90 Å². The third kappa shape index (κ3) is 2.96. The number of hydrogen-bond donors (Lipinski definition) is 0. The number of aromatic carboxylic acids is 1. The third-order valence-corrected chi connectivity index (χ3v) is 3.60. The molecule has 0 saturated heterocycles. The molecule has 0 N–H and O–H groups in total. The molecule has 0 radical (unpaired) electrons. The molecule has 0 fully saturated rings. The van der Waals surface area contributed by atoms with E-state index >= 15 is 0 Å². The topological polar surface area (TPSA) is 53.0 Å². The van der Waals surface area contributed by atoms with Crippen LogP contribution in [0.2, 0.25) is 0 Å². The molecule has 0 spiro atoms. The van der Waals surface area contributed by atoms with Gasteiger partial charge in [0.2, 0.25) is 0 Å². The van der Waals surface area contributed by atoms with Gasteiger partial charge in [0.15, 0.2) is 0 Å². The molecule has 0 atom stereocenters. The van der Waals surface area contributed by atoms with E-state index in [1.54, 1.807) is 24.3 Å². The van der Waals surface area contributed by atoms with Crippen LogP contribution in [0.4, 0.5) is 0 Å². The molecular weight excluding hydrogens is 285 g/mol. The fourth-order valence-corrected chi connectivity index (χ4v) is 2.58. The van der Waals surface area contributed by atoms with Crippen molar-refractivity contribution in [1.82, 2.24) is 4.98 Å². The van der Waals surface area contributed by atoms with E-state index in [0.717, 1.165) is 4.88 Å². The second kappa shape index (κ2) is 6.26. The van der Waals surface area contributed by atoms with E-state index in [4.69, 9.17) is 0 Å². The first-order chi connectivity index (χ1) is 8.75. The first kappa shape index (κ1) is 14.8. The number of rotatable bonds is 2. The smallest absolute Gasteiger partial charge is 0.545 e. The number of para-hydroxylation sites is 1. The molecule has 3 rings (SSSR count). The number of carboxylic acid groups (broad SMARTS) is 1. The third-order valence-electron chi connectivity index (χ3n) is 2.71. The Balaban J connectivity index is 0.00000133. The van der Waals surface area contributed by atoms with Gasteiger partial charge in [0.05, 0.1) is 22.1 Å². The Morgan fingerprint density at radius 2 is 1.95 bits per heavy atom. The molecule has 0 aliphatic carbocycles. The maximum atomic E-state index is 11.2. The zero-order valence-electron chi connectivity index (χ0n) is 10.3. The number of benzene rings is 1. The van der Waals surface area contributed by atoms with E-state index in [9.17, 15) is 9.90 Å². The largest absolute Gasteiger partial charge is 1.00 e. The maximum absolute atomic E-state index is 11.2. The van der Waals surface area contributed by atoms with Gasteiger partial charge >= 0.3 is 51.4 Å². The van der Waals surface area contributed by atoms with Crippen LogP contribution in [0.5, 0.6) is 0 Å². The Labute approximate surface area is 156 Å². The van der Waals surface area contributed by atoms with Crippen molar-refractivity contribution in [2.45, 2.75) is 0 Å². The van der Waals surface area contributed by atoms with Crippen LogP contribution in [-0.4, -0.2) is 11.0 Å². The first-order valence-corrected chi connectivity index (χ1v) is 6.28. The van der Waals surface area contributed by atoms with Crippen molar-refractivity contribution in [3.05, 3.63) is 53.4 Å². The Kier molecular flexibility index (Phi) is 4.89. The maximum Gasteiger partial charge on any atom is 1.00 e. The van der Waals surface area contributed by atoms with E-state index in [2.05, 4.69) is 4.98 Å². The molecule has 2 aromatic heterocycles. The van der Waals surface area contributed by atoms with Crippen LogP contribution in [0.25, 0.3) is 21.5 Å². The van der Waals surface area contributed by atoms with Gasteiger partial charge in [-0.25, -0.2) is 4.98 Å². The first-order valence-electron chi connectivity index (χ1n) is 5.41. The molecule has 19 heavy (non-hydrogen) atoms. The Morgan fingerprint density at radius 1 is 1.16 bits per heavy atom. The Bertz CT molecular complexity index is 725. The number of pyridine rings is 1. The van der Waals surface area contributed by atoms with Gasteiger partial charge in [-0.15, -0.1) is 11.3 Å². The summed E-state index contributed by atoms with van der Waals surface area (Å²) in [6, 6.07) is 12.6. The van der Waals surface area contributed by atoms with Crippen LogP contribution in [0.1, 0.15) is 10.4 Å². The van der Waals surface area contributed by atoms with E-state index in [0.29, 0.717) is 16.6 Å². The van der Waals surface area contributed by atoms with Crippen molar-refractivity contribution in [3.8, 4) is 10.6 Å². The van der Waals surface area contributed by atoms with Crippen LogP contribution in [-0.2, 0) is 0 Å². The normalized spacial score (nSPS) is 10.1. The summed E-state index contributed by atoms with van der Waals surface area (Å²) in [4.78, 5) is 16.6. The summed E-state index contributed by atoms with van der Waals surface area (Å²) >= 11 is 1.53. The van der Waals surface area contributed by atoms with Gasteiger partial charge in [-0.05, 0) is 23.6 Å². The number of carboxylic acids is 1. The van der Waals surface area contributed by atoms with E-state index in [1.165, 1.54) is 11.3 Å². The molecule has 0 aliphatic rings. The number of hydrogen-bond acceptors (Lipinski definition) is 4. The van der Waals surface area contributed by atoms with Gasteiger partial charge in [0, 0.05) is 10.9 Å². The summed E-state index contributed by atoms with van der Waals surface area (Å²) in [7, 11) is 0. The molecule has 0 amide bonds. The standard InChI is InChI=1S/C14H9NO2S.K/c16-14(17)10-8-12(13-6-3-7-18-13)15-11-5-2-1-4-9(10)11;/h1-8H,(H,16,17);/q;+1/p-1. The van der Waals surface area contributed by atoms with Crippen molar-refractivity contribution in [3.63, 3.8) is 0 Å². The fourth-order valence-electron chi connectivity index (χ4n) is 1.89. The number of fused-ring (bicyclic) bond motifs is 1. The number of nitrogens with zero attached hydrogens (tertiary/aromatic N) is 1. The summed E-state index contributed by atoms with van der Waals surface area (Å²) in [5, 5.41) is 13.7. The number of carbonyl (C=O) groups is 1. The monoisotopic (exact) mass is 293 g/mol. The zero-order chi connectivity index (χ0) is 12.5. The van der Waals surface area contributed by atoms with Crippen molar-refractivity contribution in [2.24, 2.45) is 0 Å². The predicted octanol–water partition coefficient (Wildman–Crippen LogP) is -0.669. The molecular formula is C14H8KNO2S. The zero-order valence-corrected chi connectivity index (χ0v) is 14.2. The summed E-state index contributed by atoms with van der Waals surface area (Å²) in [5.74, 6) is -1.17. The van der Waals surface area contributed by atoms with Crippen molar-refractivity contribution in [1.29, 1.82) is 0 Å². The number of carbonyl (C=O) groups excluding carboxylic acids is 1. The minimum absolute atomic E-state index is 0. The van der Waals surface area contributed by atoms with Crippen LogP contribution in [0, 0.1) is 0 Å². The van der Waals surface area contributed by atoms with Gasteiger partial charge in [0.1, 0.15) is 0 Å². The molecule has 0 aliphatic heterocycles. The molecule has 0 unspecified atom stereocenters. The molecule has 0 bridgehead atoms. The minimum atomic E-state index is -1.17. The molecule has 3 aromatic rings. The summed E-state index contributed by atoms with van der Waals surface area (Å²) < 4.78 is 0. The average molecular weight is 293 g/mol. The second-order valence-electron chi connectivity index (χ2n) is 3.84.